The standard InChI is InChI=1S/C13H17Br2NO4S/c1-8(12(17)20-13(2,3)4)16-21(18,19)11-7-9(14)5-6-10(11)15/h5-8,16H,1-4H3/t8-/m0/s1. The van der Waals surface area contributed by atoms with Crippen molar-refractivity contribution in [3.63, 3.8) is 0 Å². The number of rotatable bonds is 4. The largest absolute Gasteiger partial charge is 0.459 e. The Morgan fingerprint density at radius 1 is 1.29 bits per heavy atom. The SMILES string of the molecule is C[C@H](NS(=O)(=O)c1cc(Br)ccc1Br)C(=O)OC(C)(C)C. The van der Waals surface area contributed by atoms with Crippen LogP contribution in [0.25, 0.3) is 0 Å². The van der Waals surface area contributed by atoms with E-state index in [1.807, 2.05) is 0 Å². The highest BCUT2D eigenvalue weighted by Crippen LogP contribution is 2.25. The molecule has 1 atom stereocenters. The van der Waals surface area contributed by atoms with E-state index in [0.717, 1.165) is 0 Å². The Hall–Kier alpha value is -0.440. The topological polar surface area (TPSA) is 72.5 Å². The van der Waals surface area contributed by atoms with Crippen molar-refractivity contribution < 1.29 is 17.9 Å². The first-order chi connectivity index (χ1) is 9.42. The molecule has 0 radical (unpaired) electrons. The Morgan fingerprint density at radius 3 is 2.38 bits per heavy atom. The van der Waals surface area contributed by atoms with Gasteiger partial charge in [0.25, 0.3) is 0 Å². The number of benzene rings is 1. The van der Waals surface area contributed by atoms with Crippen molar-refractivity contribution in [1.82, 2.24) is 4.72 Å². The van der Waals surface area contributed by atoms with E-state index in [0.29, 0.717) is 8.95 Å². The average molecular weight is 443 g/mol. The van der Waals surface area contributed by atoms with Crippen molar-refractivity contribution in [2.75, 3.05) is 0 Å². The molecule has 0 saturated carbocycles. The number of esters is 1. The quantitative estimate of drug-likeness (QED) is 0.726. The van der Waals surface area contributed by atoms with Crippen LogP contribution in [0.2, 0.25) is 0 Å². The van der Waals surface area contributed by atoms with Gasteiger partial charge in [0.2, 0.25) is 10.0 Å². The van der Waals surface area contributed by atoms with Gasteiger partial charge in [-0.05, 0) is 61.8 Å². The molecule has 1 rings (SSSR count). The Bertz CT molecular complexity index is 638. The second-order valence-electron chi connectivity index (χ2n) is 5.45. The molecule has 0 aliphatic carbocycles. The molecule has 1 aromatic rings. The Morgan fingerprint density at radius 2 is 1.86 bits per heavy atom. The fourth-order valence-electron chi connectivity index (χ4n) is 1.42. The molecule has 0 aromatic heterocycles. The number of hydrogen-bond donors (Lipinski definition) is 1. The zero-order chi connectivity index (χ0) is 16.4. The molecule has 0 unspecified atom stereocenters. The van der Waals surface area contributed by atoms with E-state index in [4.69, 9.17) is 4.74 Å². The van der Waals surface area contributed by atoms with Gasteiger partial charge >= 0.3 is 5.97 Å². The van der Waals surface area contributed by atoms with E-state index < -0.39 is 27.6 Å². The smallest absolute Gasteiger partial charge is 0.324 e. The number of hydrogen-bond acceptors (Lipinski definition) is 4. The number of nitrogens with one attached hydrogen (secondary N) is 1. The van der Waals surface area contributed by atoms with Crippen LogP contribution in [0.5, 0.6) is 0 Å². The van der Waals surface area contributed by atoms with Gasteiger partial charge in [-0.2, -0.15) is 4.72 Å². The van der Waals surface area contributed by atoms with Gasteiger partial charge in [-0.3, -0.25) is 4.79 Å². The first-order valence-electron chi connectivity index (χ1n) is 6.12. The lowest BCUT2D eigenvalue weighted by molar-refractivity contribution is -0.156. The van der Waals surface area contributed by atoms with E-state index in [1.165, 1.54) is 13.0 Å². The van der Waals surface area contributed by atoms with Gasteiger partial charge in [0.15, 0.2) is 0 Å². The minimum Gasteiger partial charge on any atom is -0.459 e. The Balaban J connectivity index is 2.95. The van der Waals surface area contributed by atoms with E-state index in [9.17, 15) is 13.2 Å². The molecule has 0 spiro atoms. The first kappa shape index (κ1) is 18.6. The molecule has 0 bridgehead atoms. The van der Waals surface area contributed by atoms with E-state index in [1.54, 1.807) is 32.9 Å². The number of sulfonamides is 1. The highest BCUT2D eigenvalue weighted by atomic mass is 79.9. The maximum atomic E-state index is 12.3. The van der Waals surface area contributed by atoms with Crippen molar-refractivity contribution >= 4 is 47.9 Å². The molecular weight excluding hydrogens is 426 g/mol. The summed E-state index contributed by atoms with van der Waals surface area (Å²) in [4.78, 5) is 11.9. The van der Waals surface area contributed by atoms with Gasteiger partial charge in [-0.25, -0.2) is 8.42 Å². The predicted molar refractivity (Wildman–Crippen MR) is 87.5 cm³/mol. The fraction of sp³-hybridized carbons (Fsp3) is 0.462. The summed E-state index contributed by atoms with van der Waals surface area (Å²) in [5, 5.41) is 0. The summed E-state index contributed by atoms with van der Waals surface area (Å²) in [7, 11) is -3.84. The van der Waals surface area contributed by atoms with Crippen molar-refractivity contribution in [3.8, 4) is 0 Å². The molecule has 5 nitrogen and oxygen atoms in total. The van der Waals surface area contributed by atoms with Crippen LogP contribution in [0.3, 0.4) is 0 Å². The molecule has 0 saturated heterocycles. The Kier molecular flexibility index (Phi) is 5.99. The highest BCUT2D eigenvalue weighted by molar-refractivity contribution is 9.11. The monoisotopic (exact) mass is 441 g/mol. The van der Waals surface area contributed by atoms with Gasteiger partial charge in [-0.1, -0.05) is 15.9 Å². The lowest BCUT2D eigenvalue weighted by Crippen LogP contribution is -2.42. The maximum absolute atomic E-state index is 12.3. The maximum Gasteiger partial charge on any atom is 0.324 e. The summed E-state index contributed by atoms with van der Waals surface area (Å²) < 4.78 is 33.1. The van der Waals surface area contributed by atoms with Crippen LogP contribution < -0.4 is 4.72 Å². The second-order valence-corrected chi connectivity index (χ2v) is 8.90. The average Bonchev–Trinajstić information content (AvgIpc) is 2.29. The molecule has 0 aliphatic heterocycles. The molecule has 118 valence electrons. The molecule has 0 amide bonds. The van der Waals surface area contributed by atoms with Crippen LogP contribution in [-0.4, -0.2) is 26.0 Å². The molecular formula is C13H17Br2NO4S. The summed E-state index contributed by atoms with van der Waals surface area (Å²) in [6.07, 6.45) is 0. The molecule has 8 heteroatoms. The summed E-state index contributed by atoms with van der Waals surface area (Å²) in [6.45, 7) is 6.60. The number of carbonyl (C=O) groups excluding carboxylic acids is 1. The predicted octanol–water partition coefficient (Wildman–Crippen LogP) is 3.22. The van der Waals surface area contributed by atoms with Crippen molar-refractivity contribution in [2.45, 2.75) is 44.2 Å². The molecule has 21 heavy (non-hydrogen) atoms. The lowest BCUT2D eigenvalue weighted by atomic mass is 10.2. The van der Waals surface area contributed by atoms with Crippen molar-refractivity contribution in [2.24, 2.45) is 0 Å². The number of carbonyl (C=O) groups is 1. The van der Waals surface area contributed by atoms with Gasteiger partial charge < -0.3 is 4.74 Å². The van der Waals surface area contributed by atoms with Crippen LogP contribution >= 0.6 is 31.9 Å². The van der Waals surface area contributed by atoms with E-state index >= 15 is 0 Å². The molecule has 1 aromatic carbocycles. The zero-order valence-electron chi connectivity index (χ0n) is 12.1. The third kappa shape index (κ3) is 5.69. The summed E-state index contributed by atoms with van der Waals surface area (Å²) in [5.41, 5.74) is -0.673. The van der Waals surface area contributed by atoms with E-state index in [2.05, 4.69) is 36.6 Å². The first-order valence-corrected chi connectivity index (χ1v) is 9.19. The van der Waals surface area contributed by atoms with Gasteiger partial charge in [0, 0.05) is 8.95 Å². The highest BCUT2D eigenvalue weighted by Gasteiger charge is 2.27. The van der Waals surface area contributed by atoms with Gasteiger partial charge in [0.05, 0.1) is 4.90 Å². The second kappa shape index (κ2) is 6.76. The normalized spacial score (nSPS) is 13.8. The van der Waals surface area contributed by atoms with Crippen LogP contribution in [0.1, 0.15) is 27.7 Å². The van der Waals surface area contributed by atoms with Crippen LogP contribution in [-0.2, 0) is 19.6 Å². The Labute approximate surface area is 141 Å². The number of halogens is 2. The van der Waals surface area contributed by atoms with Crippen LogP contribution in [0, 0.1) is 0 Å². The third-order valence-electron chi connectivity index (χ3n) is 2.28. The van der Waals surface area contributed by atoms with Crippen LogP contribution in [0.15, 0.2) is 32.0 Å². The van der Waals surface area contributed by atoms with Gasteiger partial charge in [-0.15, -0.1) is 0 Å². The summed E-state index contributed by atoms with van der Waals surface area (Å²) in [6, 6.07) is 3.78. The van der Waals surface area contributed by atoms with Crippen molar-refractivity contribution in [3.05, 3.63) is 27.1 Å². The van der Waals surface area contributed by atoms with E-state index in [-0.39, 0.29) is 4.90 Å². The number of ether oxygens (including phenoxy) is 1. The molecule has 1 N–H and O–H groups in total. The molecule has 0 heterocycles. The lowest BCUT2D eigenvalue weighted by Gasteiger charge is -2.22. The third-order valence-corrected chi connectivity index (χ3v) is 5.30. The van der Waals surface area contributed by atoms with Crippen LogP contribution in [0.4, 0.5) is 0 Å². The summed E-state index contributed by atoms with van der Waals surface area (Å²) >= 11 is 6.40. The summed E-state index contributed by atoms with van der Waals surface area (Å²) in [5.74, 6) is -0.628. The minimum atomic E-state index is -3.84. The van der Waals surface area contributed by atoms with Gasteiger partial charge in [0.1, 0.15) is 11.6 Å². The molecule has 0 aliphatic rings. The fourth-order valence-corrected chi connectivity index (χ4v) is 4.11. The van der Waals surface area contributed by atoms with Crippen molar-refractivity contribution in [1.29, 1.82) is 0 Å². The zero-order valence-corrected chi connectivity index (χ0v) is 16.1. The minimum absolute atomic E-state index is 0.0484. The molecule has 0 fully saturated rings.